The molecule has 1 aliphatic carbocycles. The summed E-state index contributed by atoms with van der Waals surface area (Å²) in [6, 6.07) is 1.83. The van der Waals surface area contributed by atoms with Crippen LogP contribution in [0.25, 0.3) is 0 Å². The number of hydrogen-bond donors (Lipinski definition) is 0. The molecule has 0 aromatic carbocycles. The van der Waals surface area contributed by atoms with Gasteiger partial charge in [0.1, 0.15) is 5.76 Å². The number of rotatable bonds is 3. The van der Waals surface area contributed by atoms with Crippen molar-refractivity contribution in [2.45, 2.75) is 57.5 Å². The van der Waals surface area contributed by atoms with E-state index in [1.165, 1.54) is 12.8 Å². The van der Waals surface area contributed by atoms with E-state index < -0.39 is 0 Å². The number of hydrogen-bond acceptors (Lipinski definition) is 3. The molecule has 0 amide bonds. The van der Waals surface area contributed by atoms with E-state index in [4.69, 9.17) is 9.15 Å². The third-order valence-corrected chi connectivity index (χ3v) is 4.71. The van der Waals surface area contributed by atoms with Gasteiger partial charge in [-0.3, -0.25) is 4.79 Å². The van der Waals surface area contributed by atoms with Crippen molar-refractivity contribution < 1.29 is 13.9 Å². The maximum atomic E-state index is 12.7. The molecule has 1 aliphatic heterocycles. The standard InChI is InChI=1S/C16H22O3/c1-2-14-13(6-9-18-14)15(17)12-5-10-19-16(11-12)7-3-4-8-16/h6,9,12H,2-5,7-8,10-11H2,1H3. The molecule has 0 bridgehead atoms. The fraction of sp³-hybridized carbons (Fsp3) is 0.688. The van der Waals surface area contributed by atoms with Gasteiger partial charge in [0, 0.05) is 18.9 Å². The number of Topliss-reactive ketones (excluding diaryl/α,β-unsaturated/α-hetero) is 1. The Labute approximate surface area is 114 Å². The van der Waals surface area contributed by atoms with Crippen LogP contribution in [-0.2, 0) is 11.2 Å². The normalized spacial score (nSPS) is 25.8. The summed E-state index contributed by atoms with van der Waals surface area (Å²) in [7, 11) is 0. The lowest BCUT2D eigenvalue weighted by atomic mass is 9.80. The lowest BCUT2D eigenvalue weighted by molar-refractivity contribution is -0.0866. The van der Waals surface area contributed by atoms with Gasteiger partial charge in [0.25, 0.3) is 0 Å². The van der Waals surface area contributed by atoms with E-state index in [0.29, 0.717) is 0 Å². The van der Waals surface area contributed by atoms with Crippen molar-refractivity contribution in [3.63, 3.8) is 0 Å². The van der Waals surface area contributed by atoms with Crippen LogP contribution in [0.3, 0.4) is 0 Å². The van der Waals surface area contributed by atoms with Crippen LogP contribution in [0, 0.1) is 5.92 Å². The molecule has 0 radical (unpaired) electrons. The number of furan rings is 1. The second-order valence-corrected chi connectivity index (χ2v) is 5.90. The van der Waals surface area contributed by atoms with Crippen molar-refractivity contribution in [2.75, 3.05) is 6.61 Å². The first-order chi connectivity index (χ1) is 9.24. The van der Waals surface area contributed by atoms with Gasteiger partial charge in [0.05, 0.1) is 17.4 Å². The molecule has 1 aromatic heterocycles. The Bertz CT molecular complexity index is 454. The molecule has 1 saturated carbocycles. The summed E-state index contributed by atoms with van der Waals surface area (Å²) in [5.41, 5.74) is 0.803. The summed E-state index contributed by atoms with van der Waals surface area (Å²) >= 11 is 0. The molecule has 0 N–H and O–H groups in total. The molecule has 3 rings (SSSR count). The minimum absolute atomic E-state index is 0.00862. The van der Waals surface area contributed by atoms with E-state index in [0.717, 1.165) is 50.0 Å². The highest BCUT2D eigenvalue weighted by Gasteiger charge is 2.42. The fourth-order valence-corrected chi connectivity index (χ4v) is 3.67. The highest BCUT2D eigenvalue weighted by atomic mass is 16.5. The molecular formula is C16H22O3. The molecule has 1 unspecified atom stereocenters. The molecule has 2 heterocycles. The molecule has 1 aromatic rings. The monoisotopic (exact) mass is 262 g/mol. The minimum Gasteiger partial charge on any atom is -0.469 e. The Hall–Kier alpha value is -1.09. The number of ketones is 1. The van der Waals surface area contributed by atoms with Gasteiger partial charge in [0.2, 0.25) is 0 Å². The molecule has 3 nitrogen and oxygen atoms in total. The van der Waals surface area contributed by atoms with Crippen LogP contribution >= 0.6 is 0 Å². The number of carbonyl (C=O) groups is 1. The van der Waals surface area contributed by atoms with Crippen molar-refractivity contribution in [2.24, 2.45) is 5.92 Å². The topological polar surface area (TPSA) is 39.4 Å². The predicted octanol–water partition coefficient (Wildman–Crippen LogP) is 3.76. The van der Waals surface area contributed by atoms with Gasteiger partial charge >= 0.3 is 0 Å². The first-order valence-corrected chi connectivity index (χ1v) is 7.49. The zero-order chi connectivity index (χ0) is 13.3. The van der Waals surface area contributed by atoms with Gasteiger partial charge in [-0.05, 0) is 31.7 Å². The van der Waals surface area contributed by atoms with Crippen LogP contribution in [0.5, 0.6) is 0 Å². The predicted molar refractivity (Wildman–Crippen MR) is 72.3 cm³/mol. The molecule has 2 aliphatic rings. The Balaban J connectivity index is 1.76. The van der Waals surface area contributed by atoms with Gasteiger partial charge in [0.15, 0.2) is 5.78 Å². The van der Waals surface area contributed by atoms with Crippen LogP contribution in [0.4, 0.5) is 0 Å². The summed E-state index contributed by atoms with van der Waals surface area (Å²) in [6.07, 6.45) is 8.92. The number of ether oxygens (including phenoxy) is 1. The minimum atomic E-state index is 0.00862. The van der Waals surface area contributed by atoms with Crippen molar-refractivity contribution >= 4 is 5.78 Å². The Morgan fingerprint density at radius 1 is 1.42 bits per heavy atom. The summed E-state index contributed by atoms with van der Waals surface area (Å²) in [4.78, 5) is 12.7. The van der Waals surface area contributed by atoms with Gasteiger partial charge in [-0.25, -0.2) is 0 Å². The Morgan fingerprint density at radius 3 is 2.95 bits per heavy atom. The number of aryl methyl sites for hydroxylation is 1. The summed E-state index contributed by atoms with van der Waals surface area (Å²) < 4.78 is 11.4. The molecule has 19 heavy (non-hydrogen) atoms. The Kier molecular flexibility index (Phi) is 3.48. The zero-order valence-corrected chi connectivity index (χ0v) is 11.6. The highest BCUT2D eigenvalue weighted by Crippen LogP contribution is 2.42. The highest BCUT2D eigenvalue weighted by molar-refractivity contribution is 5.98. The lowest BCUT2D eigenvalue weighted by Crippen LogP contribution is -2.39. The van der Waals surface area contributed by atoms with E-state index in [1.807, 2.05) is 13.0 Å². The zero-order valence-electron chi connectivity index (χ0n) is 11.6. The van der Waals surface area contributed by atoms with Crippen molar-refractivity contribution in [1.82, 2.24) is 0 Å². The van der Waals surface area contributed by atoms with Gasteiger partial charge in [-0.15, -0.1) is 0 Å². The molecule has 3 heteroatoms. The molecular weight excluding hydrogens is 240 g/mol. The third-order valence-electron chi connectivity index (χ3n) is 4.71. The van der Waals surface area contributed by atoms with E-state index >= 15 is 0 Å². The fourth-order valence-electron chi connectivity index (χ4n) is 3.67. The van der Waals surface area contributed by atoms with Gasteiger partial charge in [-0.1, -0.05) is 19.8 Å². The molecule has 104 valence electrons. The van der Waals surface area contributed by atoms with Crippen molar-refractivity contribution in [3.8, 4) is 0 Å². The SMILES string of the molecule is CCc1occc1C(=O)C1CCOC2(CCCC2)C1. The maximum Gasteiger partial charge on any atom is 0.169 e. The largest absolute Gasteiger partial charge is 0.469 e. The van der Waals surface area contributed by atoms with Gasteiger partial charge < -0.3 is 9.15 Å². The Morgan fingerprint density at radius 2 is 2.21 bits per heavy atom. The van der Waals surface area contributed by atoms with Crippen LogP contribution < -0.4 is 0 Å². The summed E-state index contributed by atoms with van der Waals surface area (Å²) in [5, 5.41) is 0. The van der Waals surface area contributed by atoms with E-state index in [2.05, 4.69) is 0 Å². The summed E-state index contributed by atoms with van der Waals surface area (Å²) in [5.74, 6) is 1.21. The van der Waals surface area contributed by atoms with Crippen molar-refractivity contribution in [3.05, 3.63) is 23.7 Å². The van der Waals surface area contributed by atoms with Crippen LogP contribution in [0.1, 0.15) is 61.6 Å². The molecule has 1 spiro atoms. The van der Waals surface area contributed by atoms with E-state index in [9.17, 15) is 4.79 Å². The van der Waals surface area contributed by atoms with Crippen molar-refractivity contribution in [1.29, 1.82) is 0 Å². The second kappa shape index (κ2) is 5.12. The first kappa shape index (κ1) is 12.9. The molecule has 1 atom stereocenters. The molecule has 1 saturated heterocycles. The van der Waals surface area contributed by atoms with Crippen LogP contribution in [0.15, 0.2) is 16.7 Å². The van der Waals surface area contributed by atoms with Crippen LogP contribution in [0.2, 0.25) is 0 Å². The lowest BCUT2D eigenvalue weighted by Gasteiger charge is -2.37. The van der Waals surface area contributed by atoms with Gasteiger partial charge in [-0.2, -0.15) is 0 Å². The number of carbonyl (C=O) groups excluding carboxylic acids is 1. The van der Waals surface area contributed by atoms with E-state index in [-0.39, 0.29) is 17.3 Å². The van der Waals surface area contributed by atoms with Crippen LogP contribution in [-0.4, -0.2) is 18.0 Å². The summed E-state index contributed by atoms with van der Waals surface area (Å²) in [6.45, 7) is 2.76. The smallest absolute Gasteiger partial charge is 0.169 e. The van der Waals surface area contributed by atoms with E-state index in [1.54, 1.807) is 6.26 Å². The quantitative estimate of drug-likeness (QED) is 0.778. The first-order valence-electron chi connectivity index (χ1n) is 7.49. The third kappa shape index (κ3) is 2.36. The molecule has 2 fully saturated rings. The second-order valence-electron chi connectivity index (χ2n) is 5.90. The average molecular weight is 262 g/mol. The average Bonchev–Trinajstić information content (AvgIpc) is 3.07. The maximum absolute atomic E-state index is 12.7.